The van der Waals surface area contributed by atoms with Crippen LogP contribution in [0.1, 0.15) is 30.0 Å². The lowest BCUT2D eigenvalue weighted by molar-refractivity contribution is -0.123. The van der Waals surface area contributed by atoms with Crippen LogP contribution in [-0.4, -0.2) is 17.7 Å². The predicted octanol–water partition coefficient (Wildman–Crippen LogP) is 2.13. The molecule has 1 atom stereocenters. The van der Waals surface area contributed by atoms with Gasteiger partial charge in [-0.1, -0.05) is 17.3 Å². The van der Waals surface area contributed by atoms with Gasteiger partial charge in [-0.2, -0.15) is 0 Å². The van der Waals surface area contributed by atoms with E-state index >= 15 is 0 Å². The summed E-state index contributed by atoms with van der Waals surface area (Å²) in [7, 11) is 0. The second kappa shape index (κ2) is 6.30. The Kier molecular flexibility index (Phi) is 4.47. The third-order valence-corrected chi connectivity index (χ3v) is 3.18. The molecule has 112 valence electrons. The third-order valence-electron chi connectivity index (χ3n) is 3.18. The van der Waals surface area contributed by atoms with Crippen LogP contribution in [0.2, 0.25) is 0 Å². The highest BCUT2D eigenvalue weighted by molar-refractivity contribution is 5.78. The number of nitrogens with zero attached hydrogens (tertiary/aromatic N) is 1. The number of hydrogen-bond donors (Lipinski definition) is 2. The van der Waals surface area contributed by atoms with Crippen LogP contribution >= 0.6 is 0 Å². The minimum absolute atomic E-state index is 0.0953. The van der Waals surface area contributed by atoms with Gasteiger partial charge in [0.25, 0.3) is 5.91 Å². The molecule has 0 spiro atoms. The lowest BCUT2D eigenvalue weighted by Crippen LogP contribution is -2.31. The summed E-state index contributed by atoms with van der Waals surface area (Å²) in [6, 6.07) is 6.86. The van der Waals surface area contributed by atoms with Gasteiger partial charge in [-0.15, -0.1) is 0 Å². The first-order valence-corrected chi connectivity index (χ1v) is 6.68. The summed E-state index contributed by atoms with van der Waals surface area (Å²) in [6.07, 6.45) is 0. The lowest BCUT2D eigenvalue weighted by Gasteiger charge is -2.14. The summed E-state index contributed by atoms with van der Waals surface area (Å²) in [5.41, 5.74) is 7.91. The molecule has 0 aliphatic carbocycles. The van der Waals surface area contributed by atoms with Crippen LogP contribution in [0, 0.1) is 13.8 Å². The summed E-state index contributed by atoms with van der Waals surface area (Å²) in [5, 5.41) is 6.72. The number of carbonyl (C=O) groups excluding carboxylic acids is 1. The molecule has 0 bridgehead atoms. The number of amides is 1. The molecule has 0 saturated carbocycles. The molecule has 1 aromatic carbocycles. The molecule has 6 heteroatoms. The zero-order chi connectivity index (χ0) is 15.4. The van der Waals surface area contributed by atoms with Crippen LogP contribution in [0.4, 0.5) is 5.69 Å². The Labute approximate surface area is 123 Å². The number of aryl methyl sites for hydroxylation is 2. The van der Waals surface area contributed by atoms with E-state index in [-0.39, 0.29) is 18.6 Å². The molecule has 2 aromatic rings. The SMILES string of the molecule is Cc1noc(C)c1C(C)NC(=O)COc1ccccc1N. The maximum Gasteiger partial charge on any atom is 0.258 e. The number of ether oxygens (including phenoxy) is 1. The molecule has 21 heavy (non-hydrogen) atoms. The number of carbonyl (C=O) groups is 1. The zero-order valence-corrected chi connectivity index (χ0v) is 12.3. The standard InChI is InChI=1S/C15H19N3O3/c1-9(15-10(2)18-21-11(15)3)17-14(19)8-20-13-7-5-4-6-12(13)16/h4-7,9H,8,16H2,1-3H3,(H,17,19). The van der Waals surface area contributed by atoms with Gasteiger partial charge >= 0.3 is 0 Å². The van der Waals surface area contributed by atoms with Gasteiger partial charge in [-0.25, -0.2) is 0 Å². The Morgan fingerprint density at radius 2 is 2.14 bits per heavy atom. The average Bonchev–Trinajstić information content (AvgIpc) is 2.77. The van der Waals surface area contributed by atoms with E-state index in [0.717, 1.165) is 11.3 Å². The van der Waals surface area contributed by atoms with Gasteiger partial charge in [0, 0.05) is 5.56 Å². The fraction of sp³-hybridized carbons (Fsp3) is 0.333. The van der Waals surface area contributed by atoms with E-state index < -0.39 is 0 Å². The van der Waals surface area contributed by atoms with Gasteiger partial charge in [-0.3, -0.25) is 4.79 Å². The molecule has 0 aliphatic heterocycles. The summed E-state index contributed by atoms with van der Waals surface area (Å²) in [4.78, 5) is 11.9. The number of benzene rings is 1. The first-order chi connectivity index (χ1) is 9.99. The highest BCUT2D eigenvalue weighted by atomic mass is 16.5. The van der Waals surface area contributed by atoms with Crippen molar-refractivity contribution < 1.29 is 14.1 Å². The molecule has 2 rings (SSSR count). The molecule has 6 nitrogen and oxygen atoms in total. The summed E-state index contributed by atoms with van der Waals surface area (Å²) in [6.45, 7) is 5.44. The van der Waals surface area contributed by atoms with Crippen LogP contribution in [-0.2, 0) is 4.79 Å². The van der Waals surface area contributed by atoms with Gasteiger partial charge in [0.05, 0.1) is 17.4 Å². The number of para-hydroxylation sites is 2. The number of aromatic nitrogens is 1. The van der Waals surface area contributed by atoms with Gasteiger partial charge in [0.1, 0.15) is 11.5 Å². The van der Waals surface area contributed by atoms with Crippen molar-refractivity contribution in [3.63, 3.8) is 0 Å². The largest absolute Gasteiger partial charge is 0.482 e. The molecule has 3 N–H and O–H groups in total. The Bertz CT molecular complexity index is 617. The summed E-state index contributed by atoms with van der Waals surface area (Å²) in [5.74, 6) is 0.969. The van der Waals surface area contributed by atoms with Crippen LogP contribution < -0.4 is 15.8 Å². The number of nitrogen functional groups attached to an aromatic ring is 1. The van der Waals surface area contributed by atoms with Crippen molar-refractivity contribution in [2.75, 3.05) is 12.3 Å². The van der Waals surface area contributed by atoms with Gasteiger partial charge in [0.15, 0.2) is 6.61 Å². The Morgan fingerprint density at radius 3 is 2.76 bits per heavy atom. The zero-order valence-electron chi connectivity index (χ0n) is 12.3. The van der Waals surface area contributed by atoms with Crippen molar-refractivity contribution in [1.29, 1.82) is 0 Å². The van der Waals surface area contributed by atoms with E-state index in [9.17, 15) is 4.79 Å². The topological polar surface area (TPSA) is 90.4 Å². The average molecular weight is 289 g/mol. The van der Waals surface area contributed by atoms with E-state index in [4.69, 9.17) is 15.0 Å². The van der Waals surface area contributed by atoms with Crippen LogP contribution in [0.5, 0.6) is 5.75 Å². The first-order valence-electron chi connectivity index (χ1n) is 6.68. The maximum absolute atomic E-state index is 11.9. The summed E-state index contributed by atoms with van der Waals surface area (Å²) < 4.78 is 10.5. The predicted molar refractivity (Wildman–Crippen MR) is 78.9 cm³/mol. The van der Waals surface area contributed by atoms with E-state index in [1.807, 2.05) is 26.8 Å². The van der Waals surface area contributed by atoms with E-state index in [1.165, 1.54) is 0 Å². The van der Waals surface area contributed by atoms with Crippen molar-refractivity contribution in [2.45, 2.75) is 26.8 Å². The number of hydrogen-bond acceptors (Lipinski definition) is 5. The molecule has 1 amide bonds. The molecule has 1 aromatic heterocycles. The Hall–Kier alpha value is -2.50. The van der Waals surface area contributed by atoms with Crippen LogP contribution in [0.15, 0.2) is 28.8 Å². The highest BCUT2D eigenvalue weighted by Crippen LogP contribution is 2.21. The minimum Gasteiger partial charge on any atom is -0.482 e. The maximum atomic E-state index is 11.9. The fourth-order valence-electron chi connectivity index (χ4n) is 2.22. The van der Waals surface area contributed by atoms with Crippen molar-refractivity contribution in [1.82, 2.24) is 10.5 Å². The highest BCUT2D eigenvalue weighted by Gasteiger charge is 2.18. The van der Waals surface area contributed by atoms with Crippen molar-refractivity contribution in [3.05, 3.63) is 41.3 Å². The minimum atomic E-state index is -0.231. The van der Waals surface area contributed by atoms with Gasteiger partial charge in [-0.05, 0) is 32.9 Å². The van der Waals surface area contributed by atoms with Crippen LogP contribution in [0.3, 0.4) is 0 Å². The van der Waals surface area contributed by atoms with Crippen molar-refractivity contribution in [3.8, 4) is 5.75 Å². The first kappa shape index (κ1) is 14.9. The van der Waals surface area contributed by atoms with Crippen molar-refractivity contribution >= 4 is 11.6 Å². The lowest BCUT2D eigenvalue weighted by atomic mass is 10.1. The third kappa shape index (κ3) is 3.53. The molecule has 0 fully saturated rings. The molecule has 1 unspecified atom stereocenters. The van der Waals surface area contributed by atoms with E-state index in [0.29, 0.717) is 17.2 Å². The Morgan fingerprint density at radius 1 is 1.43 bits per heavy atom. The fourth-order valence-corrected chi connectivity index (χ4v) is 2.22. The molecule has 0 radical (unpaired) electrons. The monoisotopic (exact) mass is 289 g/mol. The molecule has 1 heterocycles. The van der Waals surface area contributed by atoms with E-state index in [2.05, 4.69) is 10.5 Å². The second-order valence-corrected chi connectivity index (χ2v) is 4.85. The smallest absolute Gasteiger partial charge is 0.258 e. The molecular formula is C15H19N3O3. The van der Waals surface area contributed by atoms with Crippen molar-refractivity contribution in [2.24, 2.45) is 0 Å². The van der Waals surface area contributed by atoms with Gasteiger partial charge in [0.2, 0.25) is 0 Å². The second-order valence-electron chi connectivity index (χ2n) is 4.85. The number of rotatable bonds is 5. The molecule has 0 aliphatic rings. The normalized spacial score (nSPS) is 12.0. The quantitative estimate of drug-likeness (QED) is 0.823. The summed E-state index contributed by atoms with van der Waals surface area (Å²) >= 11 is 0. The Balaban J connectivity index is 1.92. The number of nitrogens with one attached hydrogen (secondary N) is 1. The molecular weight excluding hydrogens is 270 g/mol. The van der Waals surface area contributed by atoms with Gasteiger partial charge < -0.3 is 20.3 Å². The number of nitrogens with two attached hydrogens (primary N) is 1. The van der Waals surface area contributed by atoms with E-state index in [1.54, 1.807) is 18.2 Å². The number of anilines is 1. The molecule has 0 saturated heterocycles. The van der Waals surface area contributed by atoms with Crippen LogP contribution in [0.25, 0.3) is 0 Å².